The van der Waals surface area contributed by atoms with Crippen molar-refractivity contribution in [2.75, 3.05) is 0 Å². The van der Waals surface area contributed by atoms with E-state index in [9.17, 15) is 9.59 Å². The first-order valence-corrected chi connectivity index (χ1v) is 9.25. The fraction of sp³-hybridized carbons (Fsp3) is 0.174. The second-order valence-electron chi connectivity index (χ2n) is 6.99. The van der Waals surface area contributed by atoms with Gasteiger partial charge < -0.3 is 10.2 Å². The summed E-state index contributed by atoms with van der Waals surface area (Å²) in [6.07, 6.45) is 3.42. The van der Waals surface area contributed by atoms with Crippen molar-refractivity contribution in [2.45, 2.75) is 26.1 Å². The Hall–Kier alpha value is -3.47. The Morgan fingerprint density at radius 3 is 2.57 bits per heavy atom. The minimum atomic E-state index is -0.637. The van der Waals surface area contributed by atoms with Crippen LogP contribution in [0.5, 0.6) is 0 Å². The predicted octanol–water partition coefficient (Wildman–Crippen LogP) is 3.40. The second-order valence-corrected chi connectivity index (χ2v) is 6.99. The van der Waals surface area contributed by atoms with Crippen LogP contribution in [0.1, 0.15) is 38.7 Å². The standard InChI is InChI=1S/C23H21N3O2/c1-16-8-10-17(11-9-16)15-26-21(19-6-2-3-7-20(19)23(26)28)22(27)25-14-18-5-4-12-24-13-18/h2-13,21H,14-15H2,1H3,(H,25,27)/t21-/m0/s1. The molecule has 5 heteroatoms. The van der Waals surface area contributed by atoms with Gasteiger partial charge in [-0.25, -0.2) is 0 Å². The van der Waals surface area contributed by atoms with Crippen molar-refractivity contribution in [2.24, 2.45) is 0 Å². The van der Waals surface area contributed by atoms with Crippen LogP contribution in [0.3, 0.4) is 0 Å². The molecule has 0 fully saturated rings. The Morgan fingerprint density at radius 2 is 1.82 bits per heavy atom. The monoisotopic (exact) mass is 371 g/mol. The van der Waals surface area contributed by atoms with Gasteiger partial charge in [0, 0.05) is 31.0 Å². The first-order chi connectivity index (χ1) is 13.6. The van der Waals surface area contributed by atoms with Crippen LogP contribution >= 0.6 is 0 Å². The Bertz CT molecular complexity index is 1000. The molecule has 1 N–H and O–H groups in total. The highest BCUT2D eigenvalue weighted by Gasteiger charge is 2.40. The number of aryl methyl sites for hydroxylation is 1. The lowest BCUT2D eigenvalue weighted by Gasteiger charge is -2.25. The van der Waals surface area contributed by atoms with Crippen LogP contribution in [-0.2, 0) is 17.9 Å². The molecule has 0 spiro atoms. The quantitative estimate of drug-likeness (QED) is 0.748. The van der Waals surface area contributed by atoms with Crippen LogP contribution in [0.15, 0.2) is 73.1 Å². The third kappa shape index (κ3) is 3.51. The van der Waals surface area contributed by atoms with E-state index < -0.39 is 6.04 Å². The number of benzene rings is 2. The van der Waals surface area contributed by atoms with Gasteiger partial charge in [0.1, 0.15) is 6.04 Å². The van der Waals surface area contributed by atoms with Gasteiger partial charge in [0.15, 0.2) is 0 Å². The lowest BCUT2D eigenvalue weighted by Crippen LogP contribution is -2.38. The number of fused-ring (bicyclic) bond motifs is 1. The summed E-state index contributed by atoms with van der Waals surface area (Å²) in [6, 6.07) is 18.5. The Balaban J connectivity index is 1.59. The molecule has 0 unspecified atom stereocenters. The molecule has 28 heavy (non-hydrogen) atoms. The van der Waals surface area contributed by atoms with Crippen molar-refractivity contribution < 1.29 is 9.59 Å². The Labute approximate surface area is 164 Å². The van der Waals surface area contributed by atoms with Crippen molar-refractivity contribution in [1.29, 1.82) is 0 Å². The number of pyridine rings is 1. The van der Waals surface area contributed by atoms with Gasteiger partial charge in [0.05, 0.1) is 0 Å². The average Bonchev–Trinajstić information content (AvgIpc) is 3.01. The summed E-state index contributed by atoms with van der Waals surface area (Å²) in [5.74, 6) is -0.299. The van der Waals surface area contributed by atoms with E-state index in [1.807, 2.05) is 61.5 Å². The molecule has 1 aromatic heterocycles. The Kier molecular flexibility index (Phi) is 4.89. The van der Waals surface area contributed by atoms with Crippen molar-refractivity contribution >= 4 is 11.8 Å². The molecule has 1 atom stereocenters. The van der Waals surface area contributed by atoms with Crippen molar-refractivity contribution in [3.8, 4) is 0 Å². The molecule has 5 nitrogen and oxygen atoms in total. The normalized spacial score (nSPS) is 15.4. The van der Waals surface area contributed by atoms with E-state index in [2.05, 4.69) is 10.3 Å². The van der Waals surface area contributed by atoms with E-state index in [1.165, 1.54) is 0 Å². The average molecular weight is 371 g/mol. The number of rotatable bonds is 5. The van der Waals surface area contributed by atoms with Gasteiger partial charge in [-0.3, -0.25) is 14.6 Å². The molecular weight excluding hydrogens is 350 g/mol. The molecule has 1 aliphatic heterocycles. The summed E-state index contributed by atoms with van der Waals surface area (Å²) in [4.78, 5) is 31.8. The van der Waals surface area contributed by atoms with Crippen LogP contribution in [0.2, 0.25) is 0 Å². The van der Waals surface area contributed by atoms with Crippen LogP contribution in [0, 0.1) is 6.92 Å². The molecule has 0 aliphatic carbocycles. The van der Waals surface area contributed by atoms with Crippen LogP contribution < -0.4 is 5.32 Å². The minimum Gasteiger partial charge on any atom is -0.350 e. The highest BCUT2D eigenvalue weighted by atomic mass is 16.2. The van der Waals surface area contributed by atoms with Gasteiger partial charge in [0.2, 0.25) is 5.91 Å². The highest BCUT2D eigenvalue weighted by molar-refractivity contribution is 6.04. The van der Waals surface area contributed by atoms with Gasteiger partial charge in [-0.1, -0.05) is 54.1 Å². The van der Waals surface area contributed by atoms with E-state index >= 15 is 0 Å². The fourth-order valence-electron chi connectivity index (χ4n) is 3.49. The van der Waals surface area contributed by atoms with E-state index in [4.69, 9.17) is 0 Å². The van der Waals surface area contributed by atoms with Crippen LogP contribution in [-0.4, -0.2) is 21.7 Å². The number of nitrogens with one attached hydrogen (secondary N) is 1. The van der Waals surface area contributed by atoms with Gasteiger partial charge in [-0.2, -0.15) is 0 Å². The van der Waals surface area contributed by atoms with E-state index in [0.717, 1.165) is 22.3 Å². The smallest absolute Gasteiger partial charge is 0.255 e. The van der Waals surface area contributed by atoms with Gasteiger partial charge >= 0.3 is 0 Å². The molecule has 2 amide bonds. The molecule has 2 aromatic carbocycles. The van der Waals surface area contributed by atoms with Crippen LogP contribution in [0.4, 0.5) is 0 Å². The van der Waals surface area contributed by atoms with E-state index in [0.29, 0.717) is 18.7 Å². The number of carbonyl (C=O) groups excluding carboxylic acids is 2. The summed E-state index contributed by atoms with van der Waals surface area (Å²) in [6.45, 7) is 2.78. The lowest BCUT2D eigenvalue weighted by atomic mass is 10.0. The fourth-order valence-corrected chi connectivity index (χ4v) is 3.49. The topological polar surface area (TPSA) is 62.3 Å². The summed E-state index contributed by atoms with van der Waals surface area (Å²) in [5, 5.41) is 2.95. The van der Waals surface area contributed by atoms with E-state index in [1.54, 1.807) is 23.4 Å². The number of hydrogen-bond donors (Lipinski definition) is 1. The first kappa shape index (κ1) is 17.9. The molecule has 0 saturated heterocycles. The Morgan fingerprint density at radius 1 is 1.04 bits per heavy atom. The summed E-state index contributed by atoms with van der Waals surface area (Å²) < 4.78 is 0. The second kappa shape index (κ2) is 7.64. The number of aromatic nitrogens is 1. The van der Waals surface area contributed by atoms with Gasteiger partial charge in [0.25, 0.3) is 5.91 Å². The predicted molar refractivity (Wildman–Crippen MR) is 106 cm³/mol. The molecule has 140 valence electrons. The van der Waals surface area contributed by atoms with Crippen molar-refractivity contribution in [1.82, 2.24) is 15.2 Å². The molecule has 0 saturated carbocycles. The summed E-state index contributed by atoms with van der Waals surface area (Å²) in [5.41, 5.74) is 4.42. The molecular formula is C23H21N3O2. The zero-order valence-electron chi connectivity index (χ0n) is 15.6. The maximum Gasteiger partial charge on any atom is 0.255 e. The first-order valence-electron chi connectivity index (χ1n) is 9.25. The third-order valence-electron chi connectivity index (χ3n) is 4.97. The maximum atomic E-state index is 13.1. The largest absolute Gasteiger partial charge is 0.350 e. The lowest BCUT2D eigenvalue weighted by molar-refractivity contribution is -0.125. The zero-order valence-corrected chi connectivity index (χ0v) is 15.6. The minimum absolute atomic E-state index is 0.113. The third-order valence-corrected chi connectivity index (χ3v) is 4.97. The molecule has 1 aliphatic rings. The maximum absolute atomic E-state index is 13.1. The van der Waals surface area contributed by atoms with Crippen LogP contribution in [0.25, 0.3) is 0 Å². The molecule has 3 aromatic rings. The SMILES string of the molecule is Cc1ccc(CN2C(=O)c3ccccc3[C@H]2C(=O)NCc2cccnc2)cc1. The number of nitrogens with zero attached hydrogens (tertiary/aromatic N) is 2. The molecule has 0 bridgehead atoms. The number of hydrogen-bond acceptors (Lipinski definition) is 3. The van der Waals surface area contributed by atoms with Gasteiger partial charge in [-0.15, -0.1) is 0 Å². The molecule has 2 heterocycles. The van der Waals surface area contributed by atoms with E-state index in [-0.39, 0.29) is 11.8 Å². The molecule has 0 radical (unpaired) electrons. The number of carbonyl (C=O) groups is 2. The van der Waals surface area contributed by atoms with Gasteiger partial charge in [-0.05, 0) is 35.7 Å². The zero-order chi connectivity index (χ0) is 19.5. The highest BCUT2D eigenvalue weighted by Crippen LogP contribution is 2.35. The molecule has 4 rings (SSSR count). The summed E-state index contributed by atoms with van der Waals surface area (Å²) in [7, 11) is 0. The summed E-state index contributed by atoms with van der Waals surface area (Å²) >= 11 is 0. The van der Waals surface area contributed by atoms with Crippen molar-refractivity contribution in [3.63, 3.8) is 0 Å². The van der Waals surface area contributed by atoms with Crippen molar-refractivity contribution in [3.05, 3.63) is 101 Å². The number of amides is 2.